The summed E-state index contributed by atoms with van der Waals surface area (Å²) in [6, 6.07) is 0.719. The molecule has 0 radical (unpaired) electrons. The number of nitrogens with one attached hydrogen (secondary N) is 1. The molecule has 2 N–H and O–H groups in total. The van der Waals surface area contributed by atoms with Crippen molar-refractivity contribution in [3.8, 4) is 0 Å². The smallest absolute Gasteiger partial charge is 0.304 e. The second kappa shape index (κ2) is 6.69. The van der Waals surface area contributed by atoms with Gasteiger partial charge in [0, 0.05) is 11.4 Å². The maximum absolute atomic E-state index is 12.1. The number of sulfonamides is 1. The van der Waals surface area contributed by atoms with E-state index in [-0.39, 0.29) is 16.5 Å². The Hall–Kier alpha value is -0.630. The van der Waals surface area contributed by atoms with Gasteiger partial charge in [0.15, 0.2) is 0 Å². The van der Waals surface area contributed by atoms with Gasteiger partial charge in [-0.25, -0.2) is 13.1 Å². The predicted octanol–water partition coefficient (Wildman–Crippen LogP) is 2.57. The molecule has 1 rings (SSSR count). The van der Waals surface area contributed by atoms with E-state index >= 15 is 0 Å². The summed E-state index contributed by atoms with van der Waals surface area (Å²) in [5.41, 5.74) is 0. The van der Waals surface area contributed by atoms with Crippen LogP contribution in [0.2, 0.25) is 5.02 Å². The van der Waals surface area contributed by atoms with E-state index < -0.39 is 22.0 Å². The van der Waals surface area contributed by atoms with Gasteiger partial charge < -0.3 is 5.11 Å². The minimum Gasteiger partial charge on any atom is -0.481 e. The van der Waals surface area contributed by atoms with Gasteiger partial charge in [-0.1, -0.05) is 31.9 Å². The molecule has 0 unspecified atom stereocenters. The number of halogens is 1. The molecule has 19 heavy (non-hydrogen) atoms. The van der Waals surface area contributed by atoms with E-state index in [1.54, 1.807) is 0 Å². The summed E-state index contributed by atoms with van der Waals surface area (Å²) in [6.07, 6.45) is 0.443. The van der Waals surface area contributed by atoms with Crippen molar-refractivity contribution in [3.63, 3.8) is 0 Å². The van der Waals surface area contributed by atoms with Crippen molar-refractivity contribution < 1.29 is 18.3 Å². The molecule has 0 amide bonds. The van der Waals surface area contributed by atoms with Crippen LogP contribution in [-0.2, 0) is 14.8 Å². The SMILES string of the molecule is CC[C@H](C)[C@@H](CC(=O)O)NS(=O)(=O)c1cc(Cl)cs1. The second-order valence-electron chi connectivity index (χ2n) is 4.30. The normalized spacial score (nSPS) is 15.1. The van der Waals surface area contributed by atoms with Gasteiger partial charge in [-0.15, -0.1) is 11.3 Å². The first-order chi connectivity index (χ1) is 8.76. The summed E-state index contributed by atoms with van der Waals surface area (Å²) in [6.45, 7) is 3.70. The quantitative estimate of drug-likeness (QED) is 0.807. The third-order valence-corrected chi connectivity index (χ3v) is 6.12. The van der Waals surface area contributed by atoms with Crippen LogP contribution < -0.4 is 4.72 Å². The zero-order valence-electron chi connectivity index (χ0n) is 10.6. The van der Waals surface area contributed by atoms with E-state index in [2.05, 4.69) is 4.72 Å². The van der Waals surface area contributed by atoms with Crippen molar-refractivity contribution >= 4 is 38.9 Å². The summed E-state index contributed by atoms with van der Waals surface area (Å²) in [5.74, 6) is -1.10. The summed E-state index contributed by atoms with van der Waals surface area (Å²) in [5, 5.41) is 10.7. The molecule has 0 bridgehead atoms. The lowest BCUT2D eigenvalue weighted by molar-refractivity contribution is -0.137. The van der Waals surface area contributed by atoms with Crippen molar-refractivity contribution in [3.05, 3.63) is 16.5 Å². The Labute approximate surface area is 121 Å². The first kappa shape index (κ1) is 16.4. The van der Waals surface area contributed by atoms with Gasteiger partial charge in [0.25, 0.3) is 0 Å². The Morgan fingerprint density at radius 1 is 1.58 bits per heavy atom. The fourth-order valence-electron chi connectivity index (χ4n) is 1.52. The van der Waals surface area contributed by atoms with Crippen molar-refractivity contribution in [1.82, 2.24) is 4.72 Å². The first-order valence-electron chi connectivity index (χ1n) is 5.74. The largest absolute Gasteiger partial charge is 0.481 e. The van der Waals surface area contributed by atoms with Crippen LogP contribution in [0.3, 0.4) is 0 Å². The highest BCUT2D eigenvalue weighted by molar-refractivity contribution is 7.91. The standard InChI is InChI=1S/C11H16ClNO4S2/c1-3-7(2)9(5-10(14)15)13-19(16,17)11-4-8(12)6-18-11/h4,6-7,9,13H,3,5H2,1-2H3,(H,14,15)/t7-,9+/m0/s1. The van der Waals surface area contributed by atoms with E-state index in [9.17, 15) is 13.2 Å². The molecule has 5 nitrogen and oxygen atoms in total. The fourth-order valence-corrected chi connectivity index (χ4v) is 4.30. The number of hydrogen-bond acceptors (Lipinski definition) is 4. The van der Waals surface area contributed by atoms with E-state index in [1.165, 1.54) is 11.4 Å². The molecule has 0 fully saturated rings. The fraction of sp³-hybridized carbons (Fsp3) is 0.545. The topological polar surface area (TPSA) is 83.5 Å². The number of thiophene rings is 1. The zero-order chi connectivity index (χ0) is 14.6. The molecule has 1 aromatic rings. The lowest BCUT2D eigenvalue weighted by Gasteiger charge is -2.22. The molecule has 0 spiro atoms. The number of aliphatic carboxylic acids is 1. The molecule has 0 saturated heterocycles. The van der Waals surface area contributed by atoms with E-state index in [1.807, 2.05) is 13.8 Å². The number of carboxylic acid groups (broad SMARTS) is 1. The first-order valence-corrected chi connectivity index (χ1v) is 8.48. The van der Waals surface area contributed by atoms with Gasteiger partial charge >= 0.3 is 5.97 Å². The Morgan fingerprint density at radius 2 is 2.21 bits per heavy atom. The summed E-state index contributed by atoms with van der Waals surface area (Å²) in [4.78, 5) is 10.8. The summed E-state index contributed by atoms with van der Waals surface area (Å²) < 4.78 is 26.8. The third-order valence-electron chi connectivity index (χ3n) is 2.84. The number of rotatable bonds is 7. The molecule has 0 aliphatic rings. The highest BCUT2D eigenvalue weighted by Gasteiger charge is 2.26. The summed E-state index contributed by atoms with van der Waals surface area (Å²) >= 11 is 6.71. The maximum atomic E-state index is 12.1. The van der Waals surface area contributed by atoms with Gasteiger partial charge in [-0.05, 0) is 12.0 Å². The lowest BCUT2D eigenvalue weighted by atomic mass is 9.97. The molecular weight excluding hydrogens is 310 g/mol. The van der Waals surface area contributed by atoms with Crippen LogP contribution >= 0.6 is 22.9 Å². The van der Waals surface area contributed by atoms with E-state index in [4.69, 9.17) is 16.7 Å². The average Bonchev–Trinajstić information content (AvgIpc) is 2.74. The third kappa shape index (κ3) is 4.76. The highest BCUT2D eigenvalue weighted by Crippen LogP contribution is 2.24. The number of carboxylic acids is 1. The van der Waals surface area contributed by atoms with Crippen molar-refractivity contribution in [2.24, 2.45) is 5.92 Å². The number of hydrogen-bond donors (Lipinski definition) is 2. The Balaban J connectivity index is 2.91. The van der Waals surface area contributed by atoms with Crippen LogP contribution in [0.4, 0.5) is 0 Å². The van der Waals surface area contributed by atoms with Crippen molar-refractivity contribution in [2.75, 3.05) is 0 Å². The predicted molar refractivity (Wildman–Crippen MR) is 75.1 cm³/mol. The van der Waals surface area contributed by atoms with Gasteiger partial charge in [-0.2, -0.15) is 0 Å². The van der Waals surface area contributed by atoms with Crippen molar-refractivity contribution in [1.29, 1.82) is 0 Å². The highest BCUT2D eigenvalue weighted by atomic mass is 35.5. The lowest BCUT2D eigenvalue weighted by Crippen LogP contribution is -2.40. The number of carbonyl (C=O) groups is 1. The van der Waals surface area contributed by atoms with Gasteiger partial charge in [0.05, 0.1) is 11.4 Å². The van der Waals surface area contributed by atoms with Crippen LogP contribution in [0.1, 0.15) is 26.7 Å². The minimum atomic E-state index is -3.72. The molecule has 0 aromatic carbocycles. The van der Waals surface area contributed by atoms with Gasteiger partial charge in [-0.3, -0.25) is 4.79 Å². The second-order valence-corrected chi connectivity index (χ2v) is 7.58. The zero-order valence-corrected chi connectivity index (χ0v) is 13.0. The van der Waals surface area contributed by atoms with Crippen LogP contribution in [0.25, 0.3) is 0 Å². The molecule has 8 heteroatoms. The van der Waals surface area contributed by atoms with Gasteiger partial charge in [0.2, 0.25) is 10.0 Å². The van der Waals surface area contributed by atoms with Crippen LogP contribution in [0.15, 0.2) is 15.7 Å². The molecule has 1 heterocycles. The molecule has 1 aromatic heterocycles. The molecular formula is C11H16ClNO4S2. The molecule has 108 valence electrons. The molecule has 2 atom stereocenters. The average molecular weight is 326 g/mol. The Kier molecular flexibility index (Phi) is 5.79. The van der Waals surface area contributed by atoms with Crippen LogP contribution in [-0.4, -0.2) is 25.5 Å². The minimum absolute atomic E-state index is 0.0682. The van der Waals surface area contributed by atoms with Gasteiger partial charge in [0.1, 0.15) is 4.21 Å². The monoisotopic (exact) mass is 325 g/mol. The summed E-state index contributed by atoms with van der Waals surface area (Å²) in [7, 11) is -3.72. The van der Waals surface area contributed by atoms with E-state index in [0.29, 0.717) is 11.4 Å². The van der Waals surface area contributed by atoms with Crippen molar-refractivity contribution in [2.45, 2.75) is 36.9 Å². The van der Waals surface area contributed by atoms with Crippen LogP contribution in [0, 0.1) is 5.92 Å². The Morgan fingerprint density at radius 3 is 2.63 bits per heavy atom. The molecule has 0 aliphatic carbocycles. The maximum Gasteiger partial charge on any atom is 0.304 e. The van der Waals surface area contributed by atoms with E-state index in [0.717, 1.165) is 11.3 Å². The molecule has 0 saturated carbocycles. The Bertz CT molecular complexity index is 541. The van der Waals surface area contributed by atoms with Crippen LogP contribution in [0.5, 0.6) is 0 Å². The molecule has 0 aliphatic heterocycles.